The summed E-state index contributed by atoms with van der Waals surface area (Å²) in [7, 11) is 1.65. The molecule has 4 rings (SSSR count). The number of carbonyl (C=O) groups excluding carboxylic acids is 2. The minimum Gasteiger partial charge on any atom is -0.385 e. The molecule has 1 saturated carbocycles. The molecule has 2 fully saturated rings. The number of ether oxygens (including phenoxy) is 1. The van der Waals surface area contributed by atoms with Crippen molar-refractivity contribution in [1.29, 1.82) is 0 Å². The van der Waals surface area contributed by atoms with Crippen molar-refractivity contribution in [3.8, 4) is 0 Å². The lowest BCUT2D eigenvalue weighted by Gasteiger charge is -2.35. The van der Waals surface area contributed by atoms with Gasteiger partial charge in [-0.3, -0.25) is 9.59 Å². The SMILES string of the molecule is COCCCNC(=O)c1ccc(N2CCN(C(=O)C3CC3c3ccccc3)CC2)nc1. The number of rotatable bonds is 8. The van der Waals surface area contributed by atoms with Crippen molar-refractivity contribution >= 4 is 17.6 Å². The van der Waals surface area contributed by atoms with Crippen LogP contribution in [0.2, 0.25) is 0 Å². The van der Waals surface area contributed by atoms with Crippen LogP contribution >= 0.6 is 0 Å². The Morgan fingerprint density at radius 3 is 2.55 bits per heavy atom. The van der Waals surface area contributed by atoms with Gasteiger partial charge in [0, 0.05) is 58.6 Å². The number of carbonyl (C=O) groups is 2. The first kappa shape index (κ1) is 21.3. The Kier molecular flexibility index (Phi) is 6.82. The molecular weight excluding hydrogens is 392 g/mol. The molecule has 0 radical (unpaired) electrons. The van der Waals surface area contributed by atoms with Gasteiger partial charge >= 0.3 is 0 Å². The topological polar surface area (TPSA) is 74.8 Å². The predicted octanol–water partition coefficient (Wildman–Crippen LogP) is 2.30. The Morgan fingerprint density at radius 1 is 1.10 bits per heavy atom. The van der Waals surface area contributed by atoms with Gasteiger partial charge in [0.25, 0.3) is 5.91 Å². The third-order valence-corrected chi connectivity index (χ3v) is 6.07. The molecule has 7 heteroatoms. The van der Waals surface area contributed by atoms with Crippen molar-refractivity contribution in [1.82, 2.24) is 15.2 Å². The Hall–Kier alpha value is -2.93. The molecule has 2 unspecified atom stereocenters. The molecule has 1 aliphatic heterocycles. The predicted molar refractivity (Wildman–Crippen MR) is 119 cm³/mol. The van der Waals surface area contributed by atoms with E-state index >= 15 is 0 Å². The summed E-state index contributed by atoms with van der Waals surface area (Å²) in [4.78, 5) is 33.7. The average molecular weight is 423 g/mol. The summed E-state index contributed by atoms with van der Waals surface area (Å²) >= 11 is 0. The fraction of sp³-hybridized carbons (Fsp3) is 0.458. The second-order valence-corrected chi connectivity index (χ2v) is 8.18. The summed E-state index contributed by atoms with van der Waals surface area (Å²) in [5, 5.41) is 2.87. The molecule has 2 atom stereocenters. The van der Waals surface area contributed by atoms with E-state index in [1.165, 1.54) is 5.56 Å². The van der Waals surface area contributed by atoms with Crippen LogP contribution in [0.15, 0.2) is 48.7 Å². The molecule has 1 saturated heterocycles. The summed E-state index contributed by atoms with van der Waals surface area (Å²) in [5.41, 5.74) is 1.82. The van der Waals surface area contributed by atoms with Gasteiger partial charge in [-0.25, -0.2) is 4.98 Å². The molecule has 7 nitrogen and oxygen atoms in total. The third-order valence-electron chi connectivity index (χ3n) is 6.07. The van der Waals surface area contributed by atoms with Crippen LogP contribution < -0.4 is 10.2 Å². The second-order valence-electron chi connectivity index (χ2n) is 8.18. The van der Waals surface area contributed by atoms with E-state index < -0.39 is 0 Å². The first-order valence-electron chi connectivity index (χ1n) is 11.0. The number of benzene rings is 1. The van der Waals surface area contributed by atoms with Gasteiger partial charge in [-0.1, -0.05) is 30.3 Å². The van der Waals surface area contributed by atoms with E-state index in [1.54, 1.807) is 19.4 Å². The quantitative estimate of drug-likeness (QED) is 0.661. The lowest BCUT2D eigenvalue weighted by atomic mass is 10.1. The van der Waals surface area contributed by atoms with Crippen molar-refractivity contribution in [2.75, 3.05) is 51.3 Å². The molecule has 31 heavy (non-hydrogen) atoms. The van der Waals surface area contributed by atoms with Crippen LogP contribution in [-0.2, 0) is 9.53 Å². The van der Waals surface area contributed by atoms with Crippen molar-refractivity contribution < 1.29 is 14.3 Å². The average Bonchev–Trinajstić information content (AvgIpc) is 3.63. The monoisotopic (exact) mass is 422 g/mol. The molecule has 164 valence electrons. The van der Waals surface area contributed by atoms with Gasteiger partial charge < -0.3 is 19.9 Å². The maximum Gasteiger partial charge on any atom is 0.252 e. The fourth-order valence-corrected chi connectivity index (χ4v) is 4.15. The number of anilines is 1. The first-order valence-corrected chi connectivity index (χ1v) is 11.0. The van der Waals surface area contributed by atoms with Gasteiger partial charge in [-0.15, -0.1) is 0 Å². The van der Waals surface area contributed by atoms with Gasteiger partial charge in [-0.05, 0) is 36.5 Å². The highest BCUT2D eigenvalue weighted by Gasteiger charge is 2.46. The molecule has 1 aliphatic carbocycles. The number of pyridine rings is 1. The van der Waals surface area contributed by atoms with Crippen LogP contribution in [0, 0.1) is 5.92 Å². The van der Waals surface area contributed by atoms with E-state index in [0.717, 1.165) is 31.7 Å². The van der Waals surface area contributed by atoms with E-state index in [-0.39, 0.29) is 17.7 Å². The fourth-order valence-electron chi connectivity index (χ4n) is 4.15. The summed E-state index contributed by atoms with van der Waals surface area (Å²) in [5.74, 6) is 1.51. The standard InChI is InChI=1S/C24H30N4O3/c1-31-15-5-10-25-23(29)19-8-9-22(26-17-19)27-11-13-28(14-12-27)24(30)21-16-20(21)18-6-3-2-4-7-18/h2-4,6-9,17,20-21H,5,10-16H2,1H3,(H,25,29). The number of piperazine rings is 1. The Balaban J connectivity index is 1.24. The van der Waals surface area contributed by atoms with Crippen LogP contribution in [0.5, 0.6) is 0 Å². The van der Waals surface area contributed by atoms with Gasteiger partial charge in [-0.2, -0.15) is 0 Å². The van der Waals surface area contributed by atoms with Crippen LogP contribution in [0.25, 0.3) is 0 Å². The maximum atomic E-state index is 12.9. The summed E-state index contributed by atoms with van der Waals surface area (Å²) in [6, 6.07) is 14.0. The highest BCUT2D eigenvalue weighted by Crippen LogP contribution is 2.48. The van der Waals surface area contributed by atoms with E-state index in [2.05, 4.69) is 27.3 Å². The molecule has 0 bridgehead atoms. The molecule has 0 spiro atoms. The van der Waals surface area contributed by atoms with Crippen LogP contribution in [0.3, 0.4) is 0 Å². The number of nitrogens with zero attached hydrogens (tertiary/aromatic N) is 3. The van der Waals surface area contributed by atoms with Gasteiger partial charge in [0.15, 0.2) is 0 Å². The number of methoxy groups -OCH3 is 1. The highest BCUT2D eigenvalue weighted by molar-refractivity contribution is 5.94. The number of amides is 2. The van der Waals surface area contributed by atoms with E-state index in [0.29, 0.717) is 37.7 Å². The van der Waals surface area contributed by atoms with Crippen molar-refractivity contribution in [3.63, 3.8) is 0 Å². The molecule has 2 amide bonds. The van der Waals surface area contributed by atoms with Gasteiger partial charge in [0.1, 0.15) is 5.82 Å². The molecule has 2 aromatic rings. The van der Waals surface area contributed by atoms with Crippen LogP contribution in [-0.4, -0.2) is 68.1 Å². The highest BCUT2D eigenvalue weighted by atomic mass is 16.5. The van der Waals surface area contributed by atoms with Crippen LogP contribution in [0.4, 0.5) is 5.82 Å². The molecule has 1 aromatic heterocycles. The Labute approximate surface area is 183 Å². The number of hydrogen-bond acceptors (Lipinski definition) is 5. The molecule has 2 heterocycles. The molecular formula is C24H30N4O3. The smallest absolute Gasteiger partial charge is 0.252 e. The van der Waals surface area contributed by atoms with Crippen molar-refractivity contribution in [2.24, 2.45) is 5.92 Å². The van der Waals surface area contributed by atoms with Crippen LogP contribution in [0.1, 0.15) is 34.7 Å². The zero-order valence-corrected chi connectivity index (χ0v) is 18.0. The first-order chi connectivity index (χ1) is 15.2. The molecule has 2 aliphatic rings. The third kappa shape index (κ3) is 5.22. The summed E-state index contributed by atoms with van der Waals surface area (Å²) in [6.07, 6.45) is 3.36. The summed E-state index contributed by atoms with van der Waals surface area (Å²) in [6.45, 7) is 4.13. The normalized spacial score (nSPS) is 20.4. The maximum absolute atomic E-state index is 12.9. The molecule has 1 N–H and O–H groups in total. The number of aromatic nitrogens is 1. The molecule has 1 aromatic carbocycles. The number of hydrogen-bond donors (Lipinski definition) is 1. The Bertz CT molecular complexity index is 879. The number of nitrogens with one attached hydrogen (secondary N) is 1. The minimum absolute atomic E-state index is 0.122. The van der Waals surface area contributed by atoms with Crippen molar-refractivity contribution in [3.05, 3.63) is 59.8 Å². The lowest BCUT2D eigenvalue weighted by molar-refractivity contribution is -0.133. The van der Waals surface area contributed by atoms with Gasteiger partial charge in [0.05, 0.1) is 5.56 Å². The van der Waals surface area contributed by atoms with E-state index in [1.807, 2.05) is 29.2 Å². The van der Waals surface area contributed by atoms with Gasteiger partial charge in [0.2, 0.25) is 5.91 Å². The lowest BCUT2D eigenvalue weighted by Crippen LogP contribution is -2.49. The van der Waals surface area contributed by atoms with Crippen molar-refractivity contribution in [2.45, 2.75) is 18.8 Å². The zero-order chi connectivity index (χ0) is 21.6. The van der Waals surface area contributed by atoms with E-state index in [9.17, 15) is 9.59 Å². The summed E-state index contributed by atoms with van der Waals surface area (Å²) < 4.78 is 4.98. The minimum atomic E-state index is -0.122. The zero-order valence-electron chi connectivity index (χ0n) is 18.0. The second kappa shape index (κ2) is 9.92. The Morgan fingerprint density at radius 2 is 1.87 bits per heavy atom. The largest absolute Gasteiger partial charge is 0.385 e. The van der Waals surface area contributed by atoms with E-state index in [4.69, 9.17) is 4.74 Å².